The van der Waals surface area contributed by atoms with Crippen molar-refractivity contribution in [3.63, 3.8) is 0 Å². The SMILES string of the molecule is CCC(C)c1ccccc1N1CC(C(=O)N(C)Cc2cccc(OC)c2OC)CC1=O. The molecule has 1 fully saturated rings. The van der Waals surface area contributed by atoms with Gasteiger partial charge < -0.3 is 19.3 Å². The number of amides is 2. The summed E-state index contributed by atoms with van der Waals surface area (Å²) in [5, 5.41) is 0. The number of nitrogens with zero attached hydrogens (tertiary/aromatic N) is 2. The number of rotatable bonds is 8. The van der Waals surface area contributed by atoms with Crippen molar-refractivity contribution in [3.8, 4) is 11.5 Å². The van der Waals surface area contributed by atoms with Crippen LogP contribution in [0.25, 0.3) is 0 Å². The zero-order valence-electron chi connectivity index (χ0n) is 19.1. The highest BCUT2D eigenvalue weighted by molar-refractivity contribution is 6.00. The number of hydrogen-bond acceptors (Lipinski definition) is 4. The summed E-state index contributed by atoms with van der Waals surface area (Å²) in [6.07, 6.45) is 1.22. The molecule has 166 valence electrons. The van der Waals surface area contributed by atoms with Gasteiger partial charge in [-0.05, 0) is 30.0 Å². The Kier molecular flexibility index (Phi) is 7.21. The topological polar surface area (TPSA) is 59.1 Å². The summed E-state index contributed by atoms with van der Waals surface area (Å²) in [6.45, 7) is 5.09. The number of anilines is 1. The molecule has 0 N–H and O–H groups in total. The zero-order valence-corrected chi connectivity index (χ0v) is 19.1. The molecule has 0 bridgehead atoms. The highest BCUT2D eigenvalue weighted by Gasteiger charge is 2.37. The minimum absolute atomic E-state index is 0.00136. The zero-order chi connectivity index (χ0) is 22.5. The lowest BCUT2D eigenvalue weighted by Crippen LogP contribution is -2.34. The Morgan fingerprint density at radius 1 is 1.16 bits per heavy atom. The summed E-state index contributed by atoms with van der Waals surface area (Å²) in [6, 6.07) is 13.6. The van der Waals surface area contributed by atoms with Gasteiger partial charge in [-0.15, -0.1) is 0 Å². The third-order valence-electron chi connectivity index (χ3n) is 6.11. The highest BCUT2D eigenvalue weighted by Crippen LogP contribution is 2.35. The van der Waals surface area contributed by atoms with Crippen LogP contribution in [0.15, 0.2) is 42.5 Å². The van der Waals surface area contributed by atoms with Crippen molar-refractivity contribution in [2.24, 2.45) is 5.92 Å². The molecular formula is C25H32N2O4. The Morgan fingerprint density at radius 2 is 1.90 bits per heavy atom. The van der Waals surface area contributed by atoms with Gasteiger partial charge in [0.25, 0.3) is 0 Å². The van der Waals surface area contributed by atoms with Gasteiger partial charge in [0.15, 0.2) is 11.5 Å². The molecule has 1 heterocycles. The van der Waals surface area contributed by atoms with Gasteiger partial charge in [-0.2, -0.15) is 0 Å². The molecule has 2 unspecified atom stereocenters. The third kappa shape index (κ3) is 4.68. The van der Waals surface area contributed by atoms with Gasteiger partial charge in [0.05, 0.1) is 20.1 Å². The second-order valence-corrected chi connectivity index (χ2v) is 8.12. The van der Waals surface area contributed by atoms with E-state index in [2.05, 4.69) is 19.9 Å². The fraction of sp³-hybridized carbons (Fsp3) is 0.440. The van der Waals surface area contributed by atoms with Crippen molar-refractivity contribution < 1.29 is 19.1 Å². The van der Waals surface area contributed by atoms with E-state index in [-0.39, 0.29) is 24.2 Å². The van der Waals surface area contributed by atoms with Gasteiger partial charge in [-0.25, -0.2) is 0 Å². The lowest BCUT2D eigenvalue weighted by Gasteiger charge is -2.24. The van der Waals surface area contributed by atoms with Crippen LogP contribution in [0.4, 0.5) is 5.69 Å². The summed E-state index contributed by atoms with van der Waals surface area (Å²) in [7, 11) is 4.94. The van der Waals surface area contributed by atoms with Gasteiger partial charge in [0.1, 0.15) is 0 Å². The normalized spacial score (nSPS) is 16.9. The van der Waals surface area contributed by atoms with Crippen molar-refractivity contribution in [2.45, 2.75) is 39.2 Å². The van der Waals surface area contributed by atoms with E-state index < -0.39 is 0 Å². The van der Waals surface area contributed by atoms with Gasteiger partial charge in [0.2, 0.25) is 11.8 Å². The molecule has 0 aromatic heterocycles. The monoisotopic (exact) mass is 424 g/mol. The predicted octanol–water partition coefficient (Wildman–Crippen LogP) is 4.23. The standard InChI is InChI=1S/C25H32N2O4/c1-6-17(2)20-11-7-8-12-21(20)27-16-19(14-23(27)28)25(29)26(3)15-18-10-9-13-22(30-4)24(18)31-5/h7-13,17,19H,6,14-16H2,1-5H3. The van der Waals surface area contributed by atoms with E-state index >= 15 is 0 Å². The number of para-hydroxylation sites is 2. The molecule has 1 aliphatic rings. The fourth-order valence-electron chi connectivity index (χ4n) is 4.20. The maximum Gasteiger partial charge on any atom is 0.228 e. The lowest BCUT2D eigenvalue weighted by molar-refractivity contribution is -0.135. The third-order valence-corrected chi connectivity index (χ3v) is 6.11. The van der Waals surface area contributed by atoms with Crippen molar-refractivity contribution in [1.82, 2.24) is 4.90 Å². The van der Waals surface area contributed by atoms with E-state index in [4.69, 9.17) is 9.47 Å². The van der Waals surface area contributed by atoms with Crippen molar-refractivity contribution in [2.75, 3.05) is 32.7 Å². The van der Waals surface area contributed by atoms with Crippen LogP contribution in [0.2, 0.25) is 0 Å². The molecule has 2 aromatic carbocycles. The van der Waals surface area contributed by atoms with E-state index in [1.165, 1.54) is 0 Å². The number of carbonyl (C=O) groups is 2. The van der Waals surface area contributed by atoms with E-state index in [1.807, 2.05) is 36.4 Å². The Morgan fingerprint density at radius 3 is 2.58 bits per heavy atom. The fourth-order valence-corrected chi connectivity index (χ4v) is 4.20. The van der Waals surface area contributed by atoms with Crippen molar-refractivity contribution in [3.05, 3.63) is 53.6 Å². The Labute approximate surface area is 184 Å². The van der Waals surface area contributed by atoms with Gasteiger partial charge in [-0.3, -0.25) is 9.59 Å². The quantitative estimate of drug-likeness (QED) is 0.636. The van der Waals surface area contributed by atoms with Gasteiger partial charge in [-0.1, -0.05) is 44.2 Å². The second kappa shape index (κ2) is 9.86. The first-order valence-corrected chi connectivity index (χ1v) is 10.7. The minimum atomic E-state index is -0.362. The lowest BCUT2D eigenvalue weighted by atomic mass is 9.96. The van der Waals surface area contributed by atoms with Gasteiger partial charge >= 0.3 is 0 Å². The van der Waals surface area contributed by atoms with Crippen molar-refractivity contribution in [1.29, 1.82) is 0 Å². The molecule has 6 heteroatoms. The summed E-state index contributed by atoms with van der Waals surface area (Å²) >= 11 is 0. The molecule has 0 aliphatic carbocycles. The second-order valence-electron chi connectivity index (χ2n) is 8.12. The molecule has 31 heavy (non-hydrogen) atoms. The molecule has 0 radical (unpaired) electrons. The van der Waals surface area contributed by atoms with Gasteiger partial charge in [0, 0.05) is 37.8 Å². The molecule has 6 nitrogen and oxygen atoms in total. The van der Waals surface area contributed by atoms with E-state index in [1.54, 1.807) is 31.1 Å². The number of carbonyl (C=O) groups excluding carboxylic acids is 2. The number of hydrogen-bond donors (Lipinski definition) is 0. The molecule has 3 rings (SSSR count). The molecule has 2 aromatic rings. The number of ether oxygens (including phenoxy) is 2. The molecule has 1 aliphatic heterocycles. The van der Waals surface area contributed by atoms with Crippen LogP contribution >= 0.6 is 0 Å². The Hall–Kier alpha value is -3.02. The van der Waals surface area contributed by atoms with Crippen LogP contribution in [0.5, 0.6) is 11.5 Å². The van der Waals surface area contributed by atoms with Crippen LogP contribution in [-0.2, 0) is 16.1 Å². The summed E-state index contributed by atoms with van der Waals surface area (Å²) in [4.78, 5) is 29.5. The first-order valence-electron chi connectivity index (χ1n) is 10.7. The highest BCUT2D eigenvalue weighted by atomic mass is 16.5. The number of benzene rings is 2. The molecule has 2 amide bonds. The van der Waals surface area contributed by atoms with Crippen molar-refractivity contribution >= 4 is 17.5 Å². The first kappa shape index (κ1) is 22.7. The first-order chi connectivity index (χ1) is 14.9. The van der Waals surface area contributed by atoms with Crippen LogP contribution in [-0.4, -0.2) is 44.5 Å². The average Bonchev–Trinajstić information content (AvgIpc) is 3.18. The maximum absolute atomic E-state index is 13.2. The smallest absolute Gasteiger partial charge is 0.228 e. The van der Waals surface area contributed by atoms with E-state index in [9.17, 15) is 9.59 Å². The van der Waals surface area contributed by atoms with Crippen LogP contribution < -0.4 is 14.4 Å². The average molecular weight is 425 g/mol. The summed E-state index contributed by atoms with van der Waals surface area (Å²) in [5.41, 5.74) is 2.94. The number of methoxy groups -OCH3 is 2. The van der Waals surface area contributed by atoms with Crippen LogP contribution in [0.3, 0.4) is 0 Å². The molecule has 2 atom stereocenters. The Balaban J connectivity index is 1.76. The van der Waals surface area contributed by atoms with Crippen LogP contribution in [0.1, 0.15) is 43.7 Å². The molecular weight excluding hydrogens is 392 g/mol. The molecule has 0 saturated carbocycles. The van der Waals surface area contributed by atoms with E-state index in [0.29, 0.717) is 30.5 Å². The molecule has 0 spiro atoms. The Bertz CT molecular complexity index is 943. The maximum atomic E-state index is 13.2. The predicted molar refractivity (Wildman–Crippen MR) is 122 cm³/mol. The van der Waals surface area contributed by atoms with Crippen LogP contribution in [0, 0.1) is 5.92 Å². The largest absolute Gasteiger partial charge is 0.493 e. The summed E-state index contributed by atoms with van der Waals surface area (Å²) < 4.78 is 10.8. The minimum Gasteiger partial charge on any atom is -0.493 e. The summed E-state index contributed by atoms with van der Waals surface area (Å²) in [5.74, 6) is 1.20. The van der Waals surface area contributed by atoms with E-state index in [0.717, 1.165) is 23.2 Å². The molecule has 1 saturated heterocycles.